The zero-order valence-corrected chi connectivity index (χ0v) is 12.6. The van der Waals surface area contributed by atoms with Gasteiger partial charge in [0.25, 0.3) is 0 Å². The number of benzene rings is 1. The Balaban J connectivity index is 1.83. The van der Waals surface area contributed by atoms with Crippen molar-refractivity contribution < 1.29 is 4.79 Å². The summed E-state index contributed by atoms with van der Waals surface area (Å²) in [7, 11) is 0. The summed E-state index contributed by atoms with van der Waals surface area (Å²) in [5.74, 6) is 0.148. The number of carbonyl (C=O) groups excluding carboxylic acids is 1. The number of aromatic nitrogens is 2. The minimum atomic E-state index is 0.148. The van der Waals surface area contributed by atoms with Gasteiger partial charge in [-0.15, -0.1) is 0 Å². The van der Waals surface area contributed by atoms with Gasteiger partial charge in [-0.05, 0) is 31.5 Å². The van der Waals surface area contributed by atoms with Crippen LogP contribution in [0.3, 0.4) is 0 Å². The molecule has 0 unspecified atom stereocenters. The number of imidazole rings is 1. The number of nitrogens with zero attached hydrogens (tertiary/aromatic N) is 3. The van der Waals surface area contributed by atoms with Crippen LogP contribution in [-0.2, 0) is 11.3 Å². The highest BCUT2D eigenvalue weighted by molar-refractivity contribution is 5.78. The van der Waals surface area contributed by atoms with Crippen molar-refractivity contribution in [1.29, 1.82) is 0 Å². The molecular weight excluding hydrogens is 264 g/mol. The first-order chi connectivity index (χ1) is 10.2. The van der Waals surface area contributed by atoms with Gasteiger partial charge in [0.15, 0.2) is 0 Å². The molecule has 0 aliphatic heterocycles. The number of amides is 1. The zero-order chi connectivity index (χ0) is 15.1. The van der Waals surface area contributed by atoms with E-state index in [1.165, 1.54) is 0 Å². The second kappa shape index (κ2) is 7.59. The van der Waals surface area contributed by atoms with Gasteiger partial charge < -0.3 is 14.8 Å². The van der Waals surface area contributed by atoms with Crippen molar-refractivity contribution in [3.8, 4) is 5.69 Å². The Morgan fingerprint density at radius 3 is 2.52 bits per heavy atom. The number of hydrogen-bond donors (Lipinski definition) is 1. The average Bonchev–Trinajstić information content (AvgIpc) is 3.03. The molecule has 1 aromatic carbocycles. The highest BCUT2D eigenvalue weighted by Gasteiger charge is 2.08. The van der Waals surface area contributed by atoms with E-state index in [1.807, 2.05) is 41.6 Å². The topological polar surface area (TPSA) is 50.2 Å². The summed E-state index contributed by atoms with van der Waals surface area (Å²) in [4.78, 5) is 17.7. The highest BCUT2D eigenvalue weighted by atomic mass is 16.2. The lowest BCUT2D eigenvalue weighted by Gasteiger charge is -2.18. The van der Waals surface area contributed by atoms with Crippen molar-refractivity contribution in [2.24, 2.45) is 0 Å². The van der Waals surface area contributed by atoms with E-state index >= 15 is 0 Å². The van der Waals surface area contributed by atoms with Crippen LogP contribution in [0.1, 0.15) is 19.4 Å². The van der Waals surface area contributed by atoms with Crippen LogP contribution in [0.15, 0.2) is 43.0 Å². The summed E-state index contributed by atoms with van der Waals surface area (Å²) in [5.41, 5.74) is 2.24. The van der Waals surface area contributed by atoms with Gasteiger partial charge in [-0.2, -0.15) is 0 Å². The monoisotopic (exact) mass is 286 g/mol. The molecule has 1 N–H and O–H groups in total. The minimum absolute atomic E-state index is 0.148. The molecule has 0 bridgehead atoms. The lowest BCUT2D eigenvalue weighted by Crippen LogP contribution is -2.37. The van der Waals surface area contributed by atoms with Gasteiger partial charge in [-0.25, -0.2) is 4.98 Å². The Hall–Kier alpha value is -2.14. The molecule has 1 aromatic heterocycles. The second-order valence-corrected chi connectivity index (χ2v) is 4.81. The third-order valence-electron chi connectivity index (χ3n) is 3.46. The quantitative estimate of drug-likeness (QED) is 0.845. The fourth-order valence-corrected chi connectivity index (χ4v) is 2.20. The molecule has 112 valence electrons. The van der Waals surface area contributed by atoms with E-state index in [9.17, 15) is 4.79 Å². The Bertz CT molecular complexity index is 544. The number of nitrogens with one attached hydrogen (secondary N) is 1. The molecule has 0 spiro atoms. The Labute approximate surface area is 125 Å². The predicted octanol–water partition coefficient (Wildman–Crippen LogP) is 1.83. The van der Waals surface area contributed by atoms with Gasteiger partial charge in [-0.1, -0.05) is 12.1 Å². The molecule has 1 amide bonds. The van der Waals surface area contributed by atoms with Crippen molar-refractivity contribution in [2.45, 2.75) is 20.4 Å². The maximum absolute atomic E-state index is 11.9. The molecule has 0 aliphatic carbocycles. The Morgan fingerprint density at radius 1 is 1.24 bits per heavy atom. The number of likely N-dealkylation sites (N-methyl/N-ethyl adjacent to an activating group) is 1. The van der Waals surface area contributed by atoms with Crippen LogP contribution >= 0.6 is 0 Å². The summed E-state index contributed by atoms with van der Waals surface area (Å²) in [6.07, 6.45) is 5.44. The standard InChI is InChI=1S/C16H22N4O/c1-3-19(4-2)16(21)12-18-11-14-5-7-15(8-6-14)20-10-9-17-13-20/h5-10,13,18H,3-4,11-12H2,1-2H3. The number of carbonyl (C=O) groups is 1. The van der Waals surface area contributed by atoms with E-state index in [2.05, 4.69) is 22.4 Å². The molecule has 0 atom stereocenters. The van der Waals surface area contributed by atoms with Crippen LogP contribution in [0.25, 0.3) is 5.69 Å². The molecule has 0 aliphatic rings. The summed E-state index contributed by atoms with van der Waals surface area (Å²) in [5, 5.41) is 3.19. The van der Waals surface area contributed by atoms with Crippen LogP contribution in [0, 0.1) is 0 Å². The van der Waals surface area contributed by atoms with Crippen LogP contribution < -0.4 is 5.32 Å². The van der Waals surface area contributed by atoms with Crippen molar-refractivity contribution in [3.63, 3.8) is 0 Å². The predicted molar refractivity (Wildman–Crippen MR) is 83.2 cm³/mol. The molecule has 2 rings (SSSR count). The van der Waals surface area contributed by atoms with Gasteiger partial charge in [0.2, 0.25) is 5.91 Å². The van der Waals surface area contributed by atoms with E-state index in [1.54, 1.807) is 12.5 Å². The van der Waals surface area contributed by atoms with Crippen molar-refractivity contribution >= 4 is 5.91 Å². The molecule has 0 saturated heterocycles. The lowest BCUT2D eigenvalue weighted by molar-refractivity contribution is -0.129. The fourth-order valence-electron chi connectivity index (χ4n) is 2.20. The van der Waals surface area contributed by atoms with Crippen LogP contribution in [-0.4, -0.2) is 40.0 Å². The summed E-state index contributed by atoms with van der Waals surface area (Å²) < 4.78 is 1.96. The van der Waals surface area contributed by atoms with Crippen molar-refractivity contribution in [3.05, 3.63) is 48.5 Å². The van der Waals surface area contributed by atoms with Crippen LogP contribution in [0.2, 0.25) is 0 Å². The molecule has 0 saturated carbocycles. The molecule has 21 heavy (non-hydrogen) atoms. The number of hydrogen-bond acceptors (Lipinski definition) is 3. The molecule has 0 fully saturated rings. The smallest absolute Gasteiger partial charge is 0.236 e. The summed E-state index contributed by atoms with van der Waals surface area (Å²) in [6, 6.07) is 8.21. The first kappa shape index (κ1) is 15.3. The lowest BCUT2D eigenvalue weighted by atomic mass is 10.2. The highest BCUT2D eigenvalue weighted by Crippen LogP contribution is 2.09. The maximum Gasteiger partial charge on any atom is 0.236 e. The molecule has 1 heterocycles. The Morgan fingerprint density at radius 2 is 1.95 bits per heavy atom. The maximum atomic E-state index is 11.9. The zero-order valence-electron chi connectivity index (χ0n) is 12.6. The van der Waals surface area contributed by atoms with E-state index in [0.29, 0.717) is 13.1 Å². The third kappa shape index (κ3) is 4.16. The van der Waals surface area contributed by atoms with Gasteiger partial charge in [-0.3, -0.25) is 4.79 Å². The van der Waals surface area contributed by atoms with Crippen molar-refractivity contribution in [1.82, 2.24) is 19.8 Å². The Kier molecular flexibility index (Phi) is 5.51. The van der Waals surface area contributed by atoms with E-state index in [-0.39, 0.29) is 5.91 Å². The van der Waals surface area contributed by atoms with E-state index in [4.69, 9.17) is 0 Å². The fraction of sp³-hybridized carbons (Fsp3) is 0.375. The molecule has 5 nitrogen and oxygen atoms in total. The average molecular weight is 286 g/mol. The van der Waals surface area contributed by atoms with Crippen LogP contribution in [0.4, 0.5) is 0 Å². The summed E-state index contributed by atoms with van der Waals surface area (Å²) in [6.45, 7) is 6.59. The normalized spacial score (nSPS) is 10.6. The largest absolute Gasteiger partial charge is 0.342 e. The summed E-state index contributed by atoms with van der Waals surface area (Å²) >= 11 is 0. The van der Waals surface area contributed by atoms with Gasteiger partial charge in [0.05, 0.1) is 12.9 Å². The van der Waals surface area contributed by atoms with Gasteiger partial charge in [0, 0.05) is 37.7 Å². The molecule has 0 radical (unpaired) electrons. The minimum Gasteiger partial charge on any atom is -0.342 e. The molecular formula is C16H22N4O. The van der Waals surface area contributed by atoms with Crippen LogP contribution in [0.5, 0.6) is 0 Å². The van der Waals surface area contributed by atoms with Gasteiger partial charge >= 0.3 is 0 Å². The van der Waals surface area contributed by atoms with E-state index < -0.39 is 0 Å². The van der Waals surface area contributed by atoms with Crippen molar-refractivity contribution in [2.75, 3.05) is 19.6 Å². The van der Waals surface area contributed by atoms with Gasteiger partial charge in [0.1, 0.15) is 0 Å². The first-order valence-electron chi connectivity index (χ1n) is 7.30. The third-order valence-corrected chi connectivity index (χ3v) is 3.46. The number of rotatable bonds is 7. The SMILES string of the molecule is CCN(CC)C(=O)CNCc1ccc(-n2ccnc2)cc1. The van der Waals surface area contributed by atoms with E-state index in [0.717, 1.165) is 24.3 Å². The molecule has 2 aromatic rings. The molecule has 5 heteroatoms. The second-order valence-electron chi connectivity index (χ2n) is 4.81. The first-order valence-corrected chi connectivity index (χ1v) is 7.30.